The fraction of sp³-hybridized carbons (Fsp3) is 0.143. The maximum absolute atomic E-state index is 12.5. The van der Waals surface area contributed by atoms with Crippen LogP contribution in [0, 0.1) is 0 Å². The number of hydrogen-bond donors (Lipinski definition) is 0. The Hall–Kier alpha value is -3.16. The van der Waals surface area contributed by atoms with E-state index >= 15 is 0 Å². The summed E-state index contributed by atoms with van der Waals surface area (Å²) in [5, 5.41) is 0. The first-order chi connectivity index (χ1) is 10.5. The van der Waals surface area contributed by atoms with E-state index < -0.39 is 23.1 Å². The maximum atomic E-state index is 12.5. The number of carbonyl (C=O) groups excluding carboxylic acids is 2. The van der Waals surface area contributed by atoms with Crippen LogP contribution in [0.4, 0.5) is 0 Å². The smallest absolute Gasteiger partial charge is 0.356 e. The zero-order valence-electron chi connectivity index (χ0n) is 11.6. The molecule has 0 saturated carbocycles. The van der Waals surface area contributed by atoms with Crippen molar-refractivity contribution in [2.45, 2.75) is 6.54 Å². The van der Waals surface area contributed by atoms with Crippen LogP contribution in [0.3, 0.4) is 0 Å². The van der Waals surface area contributed by atoms with Gasteiger partial charge in [0.2, 0.25) is 0 Å². The fourth-order valence-corrected chi connectivity index (χ4v) is 2.31. The molecule has 2 heterocycles. The molecule has 0 radical (unpaired) electrons. The number of ether oxygens (including phenoxy) is 1. The number of nitrogens with zero attached hydrogens (tertiary/aromatic N) is 3. The summed E-state index contributed by atoms with van der Waals surface area (Å²) in [4.78, 5) is 48.4. The molecule has 0 atom stereocenters. The lowest BCUT2D eigenvalue weighted by Gasteiger charge is -2.14. The first-order valence-electron chi connectivity index (χ1n) is 6.38. The van der Waals surface area contributed by atoms with Gasteiger partial charge in [0, 0.05) is 6.08 Å². The second-order valence-corrected chi connectivity index (χ2v) is 4.59. The molecular weight excluding hydrogens is 290 g/mol. The van der Waals surface area contributed by atoms with Crippen LogP contribution >= 0.6 is 0 Å². The van der Waals surface area contributed by atoms with E-state index in [0.717, 1.165) is 27.1 Å². The van der Waals surface area contributed by atoms with Gasteiger partial charge < -0.3 is 4.74 Å². The third kappa shape index (κ3) is 1.93. The first kappa shape index (κ1) is 13.8. The third-order valence-electron chi connectivity index (χ3n) is 3.27. The van der Waals surface area contributed by atoms with Gasteiger partial charge in [-0.2, -0.15) is 4.68 Å². The molecule has 0 spiro atoms. The van der Waals surface area contributed by atoms with E-state index in [2.05, 4.69) is 4.74 Å². The lowest BCUT2D eigenvalue weighted by molar-refractivity contribution is -0.134. The number of rotatable bonds is 2. The van der Waals surface area contributed by atoms with Crippen LogP contribution < -0.4 is 11.4 Å². The molecule has 3 rings (SSSR count). The first-order valence-corrected chi connectivity index (χ1v) is 6.38. The molecule has 112 valence electrons. The van der Waals surface area contributed by atoms with Gasteiger partial charge in [-0.15, -0.1) is 0 Å². The molecular formula is C14H11N3O5. The third-order valence-corrected chi connectivity index (χ3v) is 3.27. The number of aromatic nitrogens is 3. The van der Waals surface area contributed by atoms with Crippen molar-refractivity contribution in [3.05, 3.63) is 57.4 Å². The molecule has 0 N–H and O–H groups in total. The van der Waals surface area contributed by atoms with Crippen molar-refractivity contribution in [1.29, 1.82) is 0 Å². The number of methoxy groups -OCH3 is 1. The predicted octanol–water partition coefficient (Wildman–Crippen LogP) is -0.603. The fourth-order valence-electron chi connectivity index (χ4n) is 2.31. The summed E-state index contributed by atoms with van der Waals surface area (Å²) in [5.41, 5.74) is -1.36. The van der Waals surface area contributed by atoms with Crippen LogP contribution in [0.25, 0.3) is 11.4 Å². The number of para-hydroxylation sites is 1. The summed E-state index contributed by atoms with van der Waals surface area (Å²) >= 11 is 0. The maximum Gasteiger partial charge on any atom is 0.356 e. The van der Waals surface area contributed by atoms with E-state index in [9.17, 15) is 19.2 Å². The van der Waals surface area contributed by atoms with E-state index in [4.69, 9.17) is 0 Å². The molecule has 0 aliphatic carbocycles. The summed E-state index contributed by atoms with van der Waals surface area (Å²) in [6.45, 7) is -0.311. The highest BCUT2D eigenvalue weighted by Crippen LogP contribution is 2.10. The Kier molecular flexibility index (Phi) is 3.13. The number of esters is 1. The molecule has 1 aromatic heterocycles. The van der Waals surface area contributed by atoms with Gasteiger partial charge >= 0.3 is 17.3 Å². The number of fused-ring (bicyclic) bond motifs is 1. The van der Waals surface area contributed by atoms with Crippen LogP contribution in [0.1, 0.15) is 0 Å². The number of benzene rings is 1. The van der Waals surface area contributed by atoms with Crippen molar-refractivity contribution in [2.24, 2.45) is 0 Å². The van der Waals surface area contributed by atoms with Gasteiger partial charge in [-0.05, 0) is 12.1 Å². The lowest BCUT2D eigenvalue weighted by Crippen LogP contribution is -2.35. The Morgan fingerprint density at radius 3 is 2.41 bits per heavy atom. The molecule has 22 heavy (non-hydrogen) atoms. The molecule has 0 fully saturated rings. The van der Waals surface area contributed by atoms with Gasteiger partial charge in [0.15, 0.2) is 11.5 Å². The van der Waals surface area contributed by atoms with Crippen molar-refractivity contribution < 1.29 is 14.3 Å². The normalized spacial score (nSPS) is 13.5. The van der Waals surface area contributed by atoms with Gasteiger partial charge in [0.1, 0.15) is 6.54 Å². The van der Waals surface area contributed by atoms with Gasteiger partial charge in [0.25, 0.3) is 0 Å². The molecule has 1 aromatic carbocycles. The zero-order valence-corrected chi connectivity index (χ0v) is 11.6. The Balaban J connectivity index is 2.32. The van der Waals surface area contributed by atoms with Crippen LogP contribution in [0.15, 0.2) is 46.0 Å². The summed E-state index contributed by atoms with van der Waals surface area (Å²) in [6.07, 6.45) is 1.00. The highest BCUT2D eigenvalue weighted by molar-refractivity contribution is 6.16. The predicted molar refractivity (Wildman–Crippen MR) is 75.6 cm³/mol. The SMILES string of the molecule is COC(=O)C1=CC(=O)Cn2c(=O)n(-c3ccccc3)c(=O)n21. The lowest BCUT2D eigenvalue weighted by atomic mass is 10.2. The molecule has 0 amide bonds. The zero-order chi connectivity index (χ0) is 15.9. The minimum absolute atomic E-state index is 0.282. The second kappa shape index (κ2) is 4.99. The topological polar surface area (TPSA) is 92.3 Å². The van der Waals surface area contributed by atoms with Crippen molar-refractivity contribution in [1.82, 2.24) is 13.9 Å². The van der Waals surface area contributed by atoms with Gasteiger partial charge in [-0.3, -0.25) is 4.79 Å². The van der Waals surface area contributed by atoms with Crippen LogP contribution in [-0.2, 0) is 20.9 Å². The Morgan fingerprint density at radius 2 is 1.77 bits per heavy atom. The molecule has 1 aliphatic heterocycles. The Labute approximate surface area is 123 Å². The van der Waals surface area contributed by atoms with Crippen molar-refractivity contribution in [3.8, 4) is 5.69 Å². The molecule has 0 bridgehead atoms. The van der Waals surface area contributed by atoms with Gasteiger partial charge in [-0.1, -0.05) is 18.2 Å². The van der Waals surface area contributed by atoms with Crippen molar-refractivity contribution in [2.75, 3.05) is 7.11 Å². The molecule has 8 heteroatoms. The van der Waals surface area contributed by atoms with E-state index in [1.807, 2.05) is 0 Å². The largest absolute Gasteiger partial charge is 0.464 e. The van der Waals surface area contributed by atoms with Crippen molar-refractivity contribution in [3.63, 3.8) is 0 Å². The quantitative estimate of drug-likeness (QED) is 0.690. The Bertz CT molecular complexity index is 914. The van der Waals surface area contributed by atoms with Gasteiger partial charge in [-0.25, -0.2) is 23.6 Å². The Morgan fingerprint density at radius 1 is 1.09 bits per heavy atom. The van der Waals surface area contributed by atoms with Crippen LogP contribution in [-0.4, -0.2) is 32.8 Å². The number of carbonyl (C=O) groups is 2. The molecule has 0 saturated heterocycles. The second-order valence-electron chi connectivity index (χ2n) is 4.59. The van der Waals surface area contributed by atoms with E-state index in [1.54, 1.807) is 30.3 Å². The van der Waals surface area contributed by atoms with Crippen LogP contribution in [0.5, 0.6) is 0 Å². The number of allylic oxidation sites excluding steroid dienone is 1. The summed E-state index contributed by atoms with van der Waals surface area (Å²) < 4.78 is 7.24. The van der Waals surface area contributed by atoms with Crippen LogP contribution in [0.2, 0.25) is 0 Å². The average molecular weight is 301 g/mol. The number of hydrogen-bond acceptors (Lipinski definition) is 5. The van der Waals surface area contributed by atoms with E-state index in [1.165, 1.54) is 0 Å². The van der Waals surface area contributed by atoms with E-state index in [0.29, 0.717) is 5.69 Å². The average Bonchev–Trinajstić information content (AvgIpc) is 2.78. The van der Waals surface area contributed by atoms with E-state index in [-0.39, 0.29) is 12.2 Å². The van der Waals surface area contributed by atoms with Crippen molar-refractivity contribution >= 4 is 17.4 Å². The molecule has 2 aromatic rings. The minimum atomic E-state index is -0.867. The monoisotopic (exact) mass is 301 g/mol. The molecule has 0 unspecified atom stereocenters. The minimum Gasteiger partial charge on any atom is -0.464 e. The highest BCUT2D eigenvalue weighted by atomic mass is 16.5. The molecule has 8 nitrogen and oxygen atoms in total. The number of ketones is 1. The summed E-state index contributed by atoms with van der Waals surface area (Å²) in [7, 11) is 1.13. The summed E-state index contributed by atoms with van der Waals surface area (Å²) in [5.74, 6) is -1.33. The standard InChI is InChI=1S/C14H11N3O5/c1-22-12(19)11-7-10(18)8-15-13(20)16(14(21)17(11)15)9-5-3-2-4-6-9/h2-7H,8H2,1H3. The highest BCUT2D eigenvalue weighted by Gasteiger charge is 2.29. The summed E-state index contributed by atoms with van der Waals surface area (Å²) in [6, 6.07) is 8.25. The molecule has 1 aliphatic rings. The van der Waals surface area contributed by atoms with Gasteiger partial charge in [0.05, 0.1) is 12.8 Å².